The number of hydrogen-bond acceptors (Lipinski definition) is 3. The van der Waals surface area contributed by atoms with E-state index in [0.717, 1.165) is 17.5 Å². The summed E-state index contributed by atoms with van der Waals surface area (Å²) in [4.78, 5) is 15.3. The van der Waals surface area contributed by atoms with E-state index in [1.807, 2.05) is 26.0 Å². The van der Waals surface area contributed by atoms with E-state index in [2.05, 4.69) is 11.1 Å². The fraction of sp³-hybridized carbons (Fsp3) is 0.214. The molecule has 0 spiro atoms. The Morgan fingerprint density at radius 1 is 1.50 bits per heavy atom. The minimum atomic E-state index is 0.435. The van der Waals surface area contributed by atoms with Gasteiger partial charge in [-0.25, -0.2) is 4.98 Å². The summed E-state index contributed by atoms with van der Waals surface area (Å²) in [7, 11) is 0. The minimum absolute atomic E-state index is 0.435. The van der Waals surface area contributed by atoms with Crippen molar-refractivity contribution in [3.8, 4) is 11.9 Å². The predicted octanol–water partition coefficient (Wildman–Crippen LogP) is 2.43. The van der Waals surface area contributed by atoms with Crippen molar-refractivity contribution in [2.45, 2.75) is 20.3 Å². The largest absolute Gasteiger partial charge is 0.298 e. The molecule has 2 aromatic rings. The van der Waals surface area contributed by atoms with E-state index < -0.39 is 0 Å². The summed E-state index contributed by atoms with van der Waals surface area (Å²) in [5.41, 5.74) is 2.86. The van der Waals surface area contributed by atoms with Gasteiger partial charge in [0.25, 0.3) is 0 Å². The summed E-state index contributed by atoms with van der Waals surface area (Å²) in [6.07, 6.45) is 3.20. The van der Waals surface area contributed by atoms with Gasteiger partial charge >= 0.3 is 0 Å². The molecular formula is C14H13N3O. The summed E-state index contributed by atoms with van der Waals surface area (Å²) in [5.74, 6) is 0.669. The van der Waals surface area contributed by atoms with Crippen molar-refractivity contribution in [2.75, 3.05) is 0 Å². The third-order valence-electron chi connectivity index (χ3n) is 2.84. The summed E-state index contributed by atoms with van der Waals surface area (Å²) in [5, 5.41) is 9.15. The van der Waals surface area contributed by atoms with Crippen LogP contribution in [0.15, 0.2) is 24.4 Å². The first-order valence-electron chi connectivity index (χ1n) is 5.74. The standard InChI is InChI=1S/C14H13N3O/c1-3-13-11(9-18)6-12(7-15)17(13)14-5-4-10(2)8-16-14/h4-6,8-9H,3H2,1-2H3. The lowest BCUT2D eigenvalue weighted by atomic mass is 10.2. The highest BCUT2D eigenvalue weighted by atomic mass is 16.1. The molecule has 0 amide bonds. The fourth-order valence-electron chi connectivity index (χ4n) is 1.97. The highest BCUT2D eigenvalue weighted by Gasteiger charge is 2.15. The van der Waals surface area contributed by atoms with Gasteiger partial charge in [-0.1, -0.05) is 13.0 Å². The van der Waals surface area contributed by atoms with Crippen LogP contribution in [0.4, 0.5) is 0 Å². The van der Waals surface area contributed by atoms with Gasteiger partial charge in [-0.3, -0.25) is 9.36 Å². The molecule has 0 aromatic carbocycles. The number of hydrogen-bond donors (Lipinski definition) is 0. The van der Waals surface area contributed by atoms with Gasteiger partial charge in [-0.15, -0.1) is 0 Å². The van der Waals surface area contributed by atoms with Gasteiger partial charge in [-0.2, -0.15) is 5.26 Å². The molecule has 0 aliphatic rings. The van der Waals surface area contributed by atoms with E-state index in [-0.39, 0.29) is 0 Å². The van der Waals surface area contributed by atoms with Crippen molar-refractivity contribution in [2.24, 2.45) is 0 Å². The van der Waals surface area contributed by atoms with E-state index in [1.165, 1.54) is 0 Å². The van der Waals surface area contributed by atoms with Gasteiger partial charge in [-0.05, 0) is 31.0 Å². The van der Waals surface area contributed by atoms with Crippen molar-refractivity contribution in [3.63, 3.8) is 0 Å². The first kappa shape index (κ1) is 12.1. The number of nitriles is 1. The SMILES string of the molecule is CCc1c(C=O)cc(C#N)n1-c1ccc(C)cn1. The number of carbonyl (C=O) groups is 1. The number of aromatic nitrogens is 2. The predicted molar refractivity (Wildman–Crippen MR) is 67.8 cm³/mol. The summed E-state index contributed by atoms with van der Waals surface area (Å²) < 4.78 is 1.74. The van der Waals surface area contributed by atoms with Gasteiger partial charge < -0.3 is 0 Å². The maximum atomic E-state index is 11.0. The Bertz CT molecular complexity index is 618. The molecule has 4 heteroatoms. The third-order valence-corrected chi connectivity index (χ3v) is 2.84. The first-order valence-corrected chi connectivity index (χ1v) is 5.74. The van der Waals surface area contributed by atoms with Crippen LogP contribution >= 0.6 is 0 Å². The molecule has 2 rings (SSSR count). The van der Waals surface area contributed by atoms with Gasteiger partial charge in [0.2, 0.25) is 0 Å². The Hall–Kier alpha value is -2.41. The second-order valence-electron chi connectivity index (χ2n) is 4.04. The Morgan fingerprint density at radius 3 is 2.78 bits per heavy atom. The van der Waals surface area contributed by atoms with Crippen LogP contribution in [0.1, 0.15) is 34.2 Å². The zero-order valence-electron chi connectivity index (χ0n) is 10.3. The average Bonchev–Trinajstić information content (AvgIpc) is 2.77. The molecule has 4 nitrogen and oxygen atoms in total. The average molecular weight is 239 g/mol. The van der Waals surface area contributed by atoms with Crippen molar-refractivity contribution in [1.82, 2.24) is 9.55 Å². The molecule has 90 valence electrons. The van der Waals surface area contributed by atoms with Crippen molar-refractivity contribution in [1.29, 1.82) is 5.26 Å². The van der Waals surface area contributed by atoms with E-state index in [4.69, 9.17) is 5.26 Å². The van der Waals surface area contributed by atoms with E-state index in [9.17, 15) is 4.79 Å². The molecule has 0 aliphatic carbocycles. The molecule has 0 aliphatic heterocycles. The van der Waals surface area contributed by atoms with Gasteiger partial charge in [0.1, 0.15) is 17.6 Å². The highest BCUT2D eigenvalue weighted by molar-refractivity contribution is 5.78. The van der Waals surface area contributed by atoms with Crippen LogP contribution in [0.5, 0.6) is 0 Å². The highest BCUT2D eigenvalue weighted by Crippen LogP contribution is 2.19. The monoisotopic (exact) mass is 239 g/mol. The molecule has 0 bridgehead atoms. The second-order valence-corrected chi connectivity index (χ2v) is 4.04. The zero-order chi connectivity index (χ0) is 13.1. The maximum Gasteiger partial charge on any atom is 0.151 e. The number of carbonyl (C=O) groups excluding carboxylic acids is 1. The van der Waals surface area contributed by atoms with Gasteiger partial charge in [0.15, 0.2) is 6.29 Å². The first-order chi connectivity index (χ1) is 8.71. The molecule has 2 aromatic heterocycles. The van der Waals surface area contributed by atoms with Crippen LogP contribution in [0, 0.1) is 18.3 Å². The van der Waals surface area contributed by atoms with Crippen LogP contribution < -0.4 is 0 Å². The molecule has 0 unspecified atom stereocenters. The van der Waals surface area contributed by atoms with Crippen LogP contribution in [-0.4, -0.2) is 15.8 Å². The Kier molecular flexibility index (Phi) is 3.24. The van der Waals surface area contributed by atoms with Crippen LogP contribution in [-0.2, 0) is 6.42 Å². The molecule has 0 saturated carbocycles. The minimum Gasteiger partial charge on any atom is -0.298 e. The molecule has 0 fully saturated rings. The Balaban J connectivity index is 2.69. The van der Waals surface area contributed by atoms with E-state index in [0.29, 0.717) is 23.5 Å². The summed E-state index contributed by atoms with van der Waals surface area (Å²) >= 11 is 0. The Labute approximate surface area is 106 Å². The smallest absolute Gasteiger partial charge is 0.151 e. The number of aryl methyl sites for hydroxylation is 1. The molecule has 18 heavy (non-hydrogen) atoms. The topological polar surface area (TPSA) is 58.7 Å². The quantitative estimate of drug-likeness (QED) is 0.773. The number of pyridine rings is 1. The van der Waals surface area contributed by atoms with Crippen LogP contribution in [0.25, 0.3) is 5.82 Å². The van der Waals surface area contributed by atoms with E-state index >= 15 is 0 Å². The Morgan fingerprint density at radius 2 is 2.28 bits per heavy atom. The maximum absolute atomic E-state index is 11.0. The number of aldehydes is 1. The molecule has 0 N–H and O–H groups in total. The lowest BCUT2D eigenvalue weighted by molar-refractivity contribution is 0.112. The van der Waals surface area contributed by atoms with Crippen molar-refractivity contribution >= 4 is 6.29 Å². The van der Waals surface area contributed by atoms with E-state index in [1.54, 1.807) is 16.8 Å². The molecule has 0 atom stereocenters. The normalized spacial score (nSPS) is 10.1. The third kappa shape index (κ3) is 1.91. The lowest BCUT2D eigenvalue weighted by Gasteiger charge is -2.08. The molecule has 0 saturated heterocycles. The lowest BCUT2D eigenvalue weighted by Crippen LogP contribution is -2.05. The number of nitrogens with zero attached hydrogens (tertiary/aromatic N) is 3. The van der Waals surface area contributed by atoms with Crippen molar-refractivity contribution < 1.29 is 4.79 Å². The van der Waals surface area contributed by atoms with Gasteiger partial charge in [0, 0.05) is 17.5 Å². The molecular weight excluding hydrogens is 226 g/mol. The zero-order valence-corrected chi connectivity index (χ0v) is 10.3. The molecule has 2 heterocycles. The number of rotatable bonds is 3. The van der Waals surface area contributed by atoms with Gasteiger partial charge in [0.05, 0.1) is 0 Å². The second kappa shape index (κ2) is 4.84. The summed E-state index contributed by atoms with van der Waals surface area (Å²) in [6.45, 7) is 3.91. The fourth-order valence-corrected chi connectivity index (χ4v) is 1.97. The van der Waals surface area contributed by atoms with Crippen LogP contribution in [0.3, 0.4) is 0 Å². The van der Waals surface area contributed by atoms with Crippen LogP contribution in [0.2, 0.25) is 0 Å². The molecule has 0 radical (unpaired) electrons. The summed E-state index contributed by atoms with van der Waals surface area (Å²) in [6, 6.07) is 7.49. The van der Waals surface area contributed by atoms with Crippen molar-refractivity contribution in [3.05, 3.63) is 46.9 Å².